The second-order valence-electron chi connectivity index (χ2n) is 4.20. The lowest BCUT2D eigenvalue weighted by Gasteiger charge is -2.15. The molecule has 0 radical (unpaired) electrons. The van der Waals surface area contributed by atoms with Crippen molar-refractivity contribution in [2.45, 2.75) is 12.7 Å². The molecule has 0 aliphatic heterocycles. The van der Waals surface area contributed by atoms with E-state index in [1.807, 2.05) is 0 Å². The highest BCUT2D eigenvalue weighted by Gasteiger charge is 2.34. The first-order chi connectivity index (χ1) is 10.3. The summed E-state index contributed by atoms with van der Waals surface area (Å²) in [6.07, 6.45) is -3.48. The summed E-state index contributed by atoms with van der Waals surface area (Å²) in [5.74, 6) is -0.813. The van der Waals surface area contributed by atoms with E-state index in [0.717, 1.165) is 24.4 Å². The molecule has 1 aromatic heterocycles. The highest BCUT2D eigenvalue weighted by atomic mass is 35.5. The fourth-order valence-corrected chi connectivity index (χ4v) is 1.78. The van der Waals surface area contributed by atoms with Crippen LogP contribution in [-0.2, 0) is 12.7 Å². The molecule has 2 aromatic rings. The summed E-state index contributed by atoms with van der Waals surface area (Å²) in [5.41, 5.74) is 6.02. The molecule has 0 bridgehead atoms. The van der Waals surface area contributed by atoms with Crippen molar-refractivity contribution in [1.29, 1.82) is 0 Å². The zero-order chi connectivity index (χ0) is 16.3. The lowest BCUT2D eigenvalue weighted by atomic mass is 10.2. The Morgan fingerprint density at radius 2 is 2.00 bits per heavy atom. The number of hydrogen-bond acceptors (Lipinski definition) is 4. The smallest absolute Gasteiger partial charge is 0.380 e. The molecule has 0 unspecified atom stereocenters. The van der Waals surface area contributed by atoms with E-state index in [0.29, 0.717) is 0 Å². The maximum absolute atomic E-state index is 13.4. The van der Waals surface area contributed by atoms with Crippen molar-refractivity contribution in [3.8, 4) is 5.75 Å². The Hall–Kier alpha value is -2.06. The van der Waals surface area contributed by atoms with Gasteiger partial charge in [0.15, 0.2) is 5.75 Å². The highest BCUT2D eigenvalue weighted by molar-refractivity contribution is 6.30. The largest absolute Gasteiger partial charge is 0.418 e. The minimum Gasteiger partial charge on any atom is -0.380 e. The maximum Gasteiger partial charge on any atom is 0.418 e. The maximum atomic E-state index is 13.4. The molecule has 2 rings (SSSR count). The van der Waals surface area contributed by atoms with Crippen molar-refractivity contribution >= 4 is 17.3 Å². The van der Waals surface area contributed by atoms with Crippen LogP contribution in [0, 0.1) is 5.82 Å². The van der Waals surface area contributed by atoms with Crippen LogP contribution in [0.4, 0.5) is 23.2 Å². The monoisotopic (exact) mass is 335 g/mol. The third-order valence-electron chi connectivity index (χ3n) is 2.65. The van der Waals surface area contributed by atoms with Gasteiger partial charge in [0, 0.05) is 17.6 Å². The Morgan fingerprint density at radius 3 is 2.59 bits per heavy atom. The number of aromatic nitrogens is 1. The van der Waals surface area contributed by atoms with Gasteiger partial charge in [0.1, 0.15) is 5.82 Å². The molecule has 4 nitrogen and oxygen atoms in total. The van der Waals surface area contributed by atoms with Crippen molar-refractivity contribution in [1.82, 2.24) is 4.98 Å². The summed E-state index contributed by atoms with van der Waals surface area (Å²) >= 11 is 5.55. The van der Waals surface area contributed by atoms with Crippen LogP contribution in [0.5, 0.6) is 5.75 Å². The lowest BCUT2D eigenvalue weighted by molar-refractivity contribution is -0.137. The number of rotatable bonds is 4. The van der Waals surface area contributed by atoms with Crippen LogP contribution in [0.15, 0.2) is 30.5 Å². The molecule has 118 valence electrons. The second-order valence-corrected chi connectivity index (χ2v) is 4.63. The number of halogens is 5. The van der Waals surface area contributed by atoms with Crippen LogP contribution < -0.4 is 16.1 Å². The van der Waals surface area contributed by atoms with Gasteiger partial charge in [0.2, 0.25) is 0 Å². The first-order valence-corrected chi connectivity index (χ1v) is 6.33. The van der Waals surface area contributed by atoms with Crippen LogP contribution in [0.3, 0.4) is 0 Å². The number of nitrogens with zero attached hydrogens (tertiary/aromatic N) is 1. The predicted molar refractivity (Wildman–Crippen MR) is 72.8 cm³/mol. The van der Waals surface area contributed by atoms with E-state index in [4.69, 9.17) is 22.2 Å². The first-order valence-electron chi connectivity index (χ1n) is 5.95. The molecule has 0 amide bonds. The van der Waals surface area contributed by atoms with Gasteiger partial charge in [-0.2, -0.15) is 13.2 Å². The number of hydrogen-bond donors (Lipinski definition) is 2. The quantitative estimate of drug-likeness (QED) is 0.660. The number of nitrogens with one attached hydrogen (secondary N) is 1. The molecule has 22 heavy (non-hydrogen) atoms. The Bertz CT molecular complexity index is 679. The van der Waals surface area contributed by atoms with Gasteiger partial charge in [-0.3, -0.25) is 4.98 Å². The van der Waals surface area contributed by atoms with Crippen molar-refractivity contribution in [3.05, 3.63) is 52.6 Å². The Balaban J connectivity index is 2.20. The molecule has 0 fully saturated rings. The van der Waals surface area contributed by atoms with E-state index < -0.39 is 17.6 Å². The molecular formula is C13H10ClF4N3O. The van der Waals surface area contributed by atoms with Gasteiger partial charge in [-0.05, 0) is 18.2 Å². The molecule has 0 saturated heterocycles. The van der Waals surface area contributed by atoms with E-state index in [1.165, 1.54) is 6.07 Å². The summed E-state index contributed by atoms with van der Waals surface area (Å²) in [5, 5.41) is -0.0714. The van der Waals surface area contributed by atoms with Gasteiger partial charge in [-0.1, -0.05) is 11.6 Å². The van der Waals surface area contributed by atoms with E-state index in [1.54, 1.807) is 0 Å². The lowest BCUT2D eigenvalue weighted by Crippen LogP contribution is -2.13. The van der Waals surface area contributed by atoms with E-state index in [2.05, 4.69) is 10.5 Å². The van der Waals surface area contributed by atoms with Crippen LogP contribution in [0.25, 0.3) is 0 Å². The summed E-state index contributed by atoms with van der Waals surface area (Å²) < 4.78 is 52.1. The summed E-state index contributed by atoms with van der Waals surface area (Å²) in [7, 11) is 0. The van der Waals surface area contributed by atoms with E-state index in [-0.39, 0.29) is 28.7 Å². The molecule has 0 atom stereocenters. The zero-order valence-corrected chi connectivity index (χ0v) is 11.7. The van der Waals surface area contributed by atoms with Crippen LogP contribution in [-0.4, -0.2) is 4.98 Å². The normalized spacial score (nSPS) is 11.4. The van der Waals surface area contributed by atoms with Crippen molar-refractivity contribution in [2.24, 2.45) is 5.73 Å². The van der Waals surface area contributed by atoms with Crippen molar-refractivity contribution < 1.29 is 22.4 Å². The Morgan fingerprint density at radius 1 is 1.27 bits per heavy atom. The number of anilines is 1. The average Bonchev–Trinajstić information content (AvgIpc) is 2.45. The minimum absolute atomic E-state index is 0.0230. The summed E-state index contributed by atoms with van der Waals surface area (Å²) in [6, 6.07) is 4.08. The second kappa shape index (κ2) is 6.37. The fraction of sp³-hybridized carbons (Fsp3) is 0.154. The standard InChI is InChI=1S/C13H10ClF4N3O/c14-7-1-2-11(9(3-7)13(16,17)18)21-22-8-4-10(15)12(5-19)20-6-8/h1-4,6,21H,5,19H2. The van der Waals surface area contributed by atoms with Gasteiger partial charge < -0.3 is 10.6 Å². The van der Waals surface area contributed by atoms with Crippen LogP contribution in [0.2, 0.25) is 5.02 Å². The van der Waals surface area contributed by atoms with Gasteiger partial charge in [-0.15, -0.1) is 0 Å². The third-order valence-corrected chi connectivity index (χ3v) is 2.89. The SMILES string of the molecule is NCc1ncc(ONc2ccc(Cl)cc2C(F)(F)F)cc1F. The van der Waals surface area contributed by atoms with Gasteiger partial charge in [0.05, 0.1) is 23.1 Å². The Labute approximate surface area is 127 Å². The fourth-order valence-electron chi connectivity index (χ4n) is 1.61. The molecule has 0 aliphatic rings. The van der Waals surface area contributed by atoms with Crippen molar-refractivity contribution in [2.75, 3.05) is 5.48 Å². The summed E-state index contributed by atoms with van der Waals surface area (Å²) in [4.78, 5) is 8.60. The molecule has 3 N–H and O–H groups in total. The van der Waals surface area contributed by atoms with Crippen LogP contribution in [0.1, 0.15) is 11.3 Å². The molecule has 0 saturated carbocycles. The number of benzene rings is 1. The van der Waals surface area contributed by atoms with E-state index in [9.17, 15) is 17.6 Å². The van der Waals surface area contributed by atoms with Gasteiger partial charge >= 0.3 is 6.18 Å². The number of alkyl halides is 3. The van der Waals surface area contributed by atoms with E-state index >= 15 is 0 Å². The first kappa shape index (κ1) is 16.3. The number of pyridine rings is 1. The average molecular weight is 336 g/mol. The minimum atomic E-state index is -4.62. The molecule has 9 heteroatoms. The zero-order valence-electron chi connectivity index (χ0n) is 10.9. The molecule has 1 heterocycles. The summed E-state index contributed by atoms with van der Waals surface area (Å²) in [6.45, 7) is -0.102. The van der Waals surface area contributed by atoms with Crippen molar-refractivity contribution in [3.63, 3.8) is 0 Å². The number of nitrogens with two attached hydrogens (primary N) is 1. The van der Waals surface area contributed by atoms with Gasteiger partial charge in [0.25, 0.3) is 0 Å². The topological polar surface area (TPSA) is 60.2 Å². The molecule has 0 aliphatic carbocycles. The highest BCUT2D eigenvalue weighted by Crippen LogP contribution is 2.36. The Kier molecular flexibility index (Phi) is 4.72. The third kappa shape index (κ3) is 3.77. The van der Waals surface area contributed by atoms with Gasteiger partial charge in [-0.25, -0.2) is 9.87 Å². The molecule has 0 spiro atoms. The molecule has 1 aromatic carbocycles. The molecular weight excluding hydrogens is 326 g/mol. The predicted octanol–water partition coefficient (Wildman–Crippen LogP) is 3.76. The van der Waals surface area contributed by atoms with Crippen LogP contribution >= 0.6 is 11.6 Å².